The minimum Gasteiger partial charge on any atom is -0.497 e. The monoisotopic (exact) mass is 506 g/mol. The lowest BCUT2D eigenvalue weighted by molar-refractivity contribution is -0.126. The maximum absolute atomic E-state index is 14.7. The Morgan fingerprint density at radius 3 is 1.82 bits per heavy atom. The van der Waals surface area contributed by atoms with E-state index in [0.717, 1.165) is 11.3 Å². The minimum absolute atomic E-state index is 0.344. The van der Waals surface area contributed by atoms with Crippen LogP contribution in [0.25, 0.3) is 0 Å². The number of hydrogen-bond donors (Lipinski definition) is 0. The zero-order valence-electron chi connectivity index (χ0n) is 21.0. The molecule has 38 heavy (non-hydrogen) atoms. The van der Waals surface area contributed by atoms with Crippen molar-refractivity contribution in [1.29, 1.82) is 0 Å². The fourth-order valence-electron chi connectivity index (χ4n) is 5.55. The molecule has 2 aliphatic heterocycles. The summed E-state index contributed by atoms with van der Waals surface area (Å²) in [6.45, 7) is 0. The zero-order valence-corrected chi connectivity index (χ0v) is 21.0. The van der Waals surface area contributed by atoms with E-state index in [0.29, 0.717) is 22.7 Å². The zero-order chi connectivity index (χ0) is 26.3. The molecule has 7 nitrogen and oxygen atoms in total. The number of ether oxygens (including phenoxy) is 2. The number of amides is 2. The van der Waals surface area contributed by atoms with Crippen LogP contribution in [-0.2, 0) is 19.8 Å². The van der Waals surface area contributed by atoms with Crippen molar-refractivity contribution in [3.05, 3.63) is 120 Å². The molecule has 190 valence electrons. The summed E-state index contributed by atoms with van der Waals surface area (Å²) in [5, 5.41) is 1.71. The Hall–Kier alpha value is -4.62. The highest BCUT2D eigenvalue weighted by molar-refractivity contribution is 6.28. The van der Waals surface area contributed by atoms with Crippen LogP contribution < -0.4 is 19.4 Å². The van der Waals surface area contributed by atoms with E-state index in [1.54, 1.807) is 43.5 Å². The molecule has 2 aliphatic rings. The van der Waals surface area contributed by atoms with Gasteiger partial charge in [0.1, 0.15) is 23.0 Å². The number of hydroxylamine groups is 1. The second-order valence-corrected chi connectivity index (χ2v) is 9.23. The molecule has 0 unspecified atom stereocenters. The van der Waals surface area contributed by atoms with Crippen molar-refractivity contribution in [1.82, 2.24) is 0 Å². The first-order chi connectivity index (χ1) is 18.6. The fraction of sp³-hybridized carbons (Fsp3) is 0.161. The molecule has 2 heterocycles. The molecule has 0 bridgehead atoms. The molecule has 0 spiro atoms. The molecule has 7 heteroatoms. The number of carbonyl (C=O) groups is 2. The summed E-state index contributed by atoms with van der Waals surface area (Å²) in [6, 6.07) is 32.8. The predicted octanol–water partition coefficient (Wildman–Crippen LogP) is 5.08. The van der Waals surface area contributed by atoms with E-state index >= 15 is 0 Å². The van der Waals surface area contributed by atoms with E-state index in [1.807, 2.05) is 84.9 Å². The highest BCUT2D eigenvalue weighted by Crippen LogP contribution is 2.57. The lowest BCUT2D eigenvalue weighted by atomic mass is 9.69. The molecular weight excluding hydrogens is 480 g/mol. The molecule has 0 aliphatic carbocycles. The standard InChI is InChI=1S/C31H26N2O5/c1-36-25-17-13-21(14-18-25)27-31(22-9-5-3-6-10-22)28(38-33(27)24-11-7-4-8-12-24)29(34)32(30(31)35)23-15-19-26(37-2)20-16-23/h3-20,27-28H,1-2H3/t27-,28+,31-/m0/s1. The molecule has 4 aromatic carbocycles. The van der Waals surface area contributed by atoms with Crippen LogP contribution in [0.1, 0.15) is 17.2 Å². The van der Waals surface area contributed by atoms with Crippen LogP contribution in [0.15, 0.2) is 109 Å². The Morgan fingerprint density at radius 2 is 1.24 bits per heavy atom. The Kier molecular flexibility index (Phi) is 5.85. The van der Waals surface area contributed by atoms with Gasteiger partial charge >= 0.3 is 0 Å². The number of imide groups is 1. The number of methoxy groups -OCH3 is 2. The summed E-state index contributed by atoms with van der Waals surface area (Å²) < 4.78 is 10.7. The third kappa shape index (κ3) is 3.47. The molecule has 2 fully saturated rings. The molecule has 0 N–H and O–H groups in total. The molecule has 3 atom stereocenters. The number of hydrogen-bond acceptors (Lipinski definition) is 6. The largest absolute Gasteiger partial charge is 0.497 e. The summed E-state index contributed by atoms with van der Waals surface area (Å²) in [5.74, 6) is 0.565. The van der Waals surface area contributed by atoms with Crippen LogP contribution in [0.2, 0.25) is 0 Å². The maximum Gasteiger partial charge on any atom is 0.267 e. The molecule has 0 radical (unpaired) electrons. The van der Waals surface area contributed by atoms with Gasteiger partial charge in [-0.15, -0.1) is 0 Å². The number of anilines is 2. The van der Waals surface area contributed by atoms with E-state index < -0.39 is 23.5 Å². The Balaban J connectivity index is 1.58. The van der Waals surface area contributed by atoms with Gasteiger partial charge in [0.2, 0.25) is 5.91 Å². The first-order valence-electron chi connectivity index (χ1n) is 12.3. The summed E-state index contributed by atoms with van der Waals surface area (Å²) >= 11 is 0. The number of rotatable bonds is 6. The Bertz CT molecular complexity index is 1460. The van der Waals surface area contributed by atoms with Gasteiger partial charge in [-0.1, -0.05) is 60.7 Å². The molecule has 4 aromatic rings. The Labute approximate surface area is 220 Å². The van der Waals surface area contributed by atoms with E-state index in [9.17, 15) is 9.59 Å². The molecular formula is C31H26N2O5. The highest BCUT2D eigenvalue weighted by atomic mass is 16.7. The maximum atomic E-state index is 14.7. The number of nitrogens with zero attached hydrogens (tertiary/aromatic N) is 2. The first kappa shape index (κ1) is 23.8. The van der Waals surface area contributed by atoms with Crippen LogP contribution in [0, 0.1) is 0 Å². The van der Waals surface area contributed by atoms with Crippen molar-refractivity contribution >= 4 is 23.2 Å². The van der Waals surface area contributed by atoms with Gasteiger partial charge in [0.05, 0.1) is 25.6 Å². The number of para-hydroxylation sites is 1. The van der Waals surface area contributed by atoms with Gasteiger partial charge < -0.3 is 9.47 Å². The van der Waals surface area contributed by atoms with Crippen molar-refractivity contribution in [2.75, 3.05) is 24.2 Å². The summed E-state index contributed by atoms with van der Waals surface area (Å²) in [6.07, 6.45) is -1.08. The summed E-state index contributed by atoms with van der Waals surface area (Å²) in [7, 11) is 3.18. The van der Waals surface area contributed by atoms with Crippen LogP contribution in [0.4, 0.5) is 11.4 Å². The van der Waals surface area contributed by atoms with Gasteiger partial charge in [-0.2, -0.15) is 0 Å². The third-order valence-corrected chi connectivity index (χ3v) is 7.32. The van der Waals surface area contributed by atoms with Crippen LogP contribution in [0.5, 0.6) is 11.5 Å². The lowest BCUT2D eigenvalue weighted by Gasteiger charge is -2.35. The van der Waals surface area contributed by atoms with Gasteiger partial charge in [0.15, 0.2) is 6.10 Å². The molecule has 0 aromatic heterocycles. The summed E-state index contributed by atoms with van der Waals surface area (Å²) in [5.41, 5.74) is 1.39. The van der Waals surface area contributed by atoms with Crippen molar-refractivity contribution in [2.45, 2.75) is 17.6 Å². The van der Waals surface area contributed by atoms with Gasteiger partial charge in [-0.3, -0.25) is 14.4 Å². The lowest BCUT2D eigenvalue weighted by Crippen LogP contribution is -2.46. The highest BCUT2D eigenvalue weighted by Gasteiger charge is 2.72. The molecule has 6 rings (SSSR count). The topological polar surface area (TPSA) is 68.3 Å². The number of fused-ring (bicyclic) bond motifs is 1. The smallest absolute Gasteiger partial charge is 0.267 e. The van der Waals surface area contributed by atoms with Crippen molar-refractivity contribution in [3.63, 3.8) is 0 Å². The van der Waals surface area contributed by atoms with Gasteiger partial charge in [-0.05, 0) is 59.7 Å². The van der Waals surface area contributed by atoms with Gasteiger partial charge in [0.25, 0.3) is 5.91 Å². The quantitative estimate of drug-likeness (QED) is 0.340. The van der Waals surface area contributed by atoms with Gasteiger partial charge in [-0.25, -0.2) is 9.96 Å². The normalized spacial score (nSPS) is 22.5. The van der Waals surface area contributed by atoms with Gasteiger partial charge in [0, 0.05) is 0 Å². The fourth-order valence-corrected chi connectivity index (χ4v) is 5.55. The number of carbonyl (C=O) groups excluding carboxylic acids is 2. The van der Waals surface area contributed by atoms with Crippen molar-refractivity contribution in [3.8, 4) is 11.5 Å². The predicted molar refractivity (Wildman–Crippen MR) is 143 cm³/mol. The average Bonchev–Trinajstić information content (AvgIpc) is 3.45. The van der Waals surface area contributed by atoms with E-state index in [2.05, 4.69) is 0 Å². The van der Waals surface area contributed by atoms with Crippen molar-refractivity contribution in [2.24, 2.45) is 0 Å². The molecule has 2 amide bonds. The van der Waals surface area contributed by atoms with Crippen LogP contribution in [-0.4, -0.2) is 32.1 Å². The van der Waals surface area contributed by atoms with E-state index in [4.69, 9.17) is 14.3 Å². The SMILES string of the molecule is COc1ccc([C@@H]2N(c3ccccc3)O[C@@H]3C(=O)N(c4ccc(OC)cc4)C(=O)[C@]32c2ccccc2)cc1. The van der Waals surface area contributed by atoms with E-state index in [1.165, 1.54) is 4.90 Å². The molecule has 0 saturated carbocycles. The first-order valence-corrected chi connectivity index (χ1v) is 12.3. The summed E-state index contributed by atoms with van der Waals surface area (Å²) in [4.78, 5) is 36.5. The number of benzene rings is 4. The second kappa shape index (κ2) is 9.36. The van der Waals surface area contributed by atoms with Crippen LogP contribution in [0.3, 0.4) is 0 Å². The van der Waals surface area contributed by atoms with E-state index in [-0.39, 0.29) is 5.91 Å². The van der Waals surface area contributed by atoms with Crippen molar-refractivity contribution < 1.29 is 23.9 Å². The second-order valence-electron chi connectivity index (χ2n) is 9.23. The molecule has 2 saturated heterocycles. The average molecular weight is 507 g/mol. The third-order valence-electron chi connectivity index (χ3n) is 7.32. The van der Waals surface area contributed by atoms with Crippen LogP contribution >= 0.6 is 0 Å². The Morgan fingerprint density at radius 1 is 0.684 bits per heavy atom. The minimum atomic E-state index is -1.34.